The van der Waals surface area contributed by atoms with E-state index in [0.29, 0.717) is 0 Å². The quantitative estimate of drug-likeness (QED) is 0.484. The Hall–Kier alpha value is -3.73. The number of ether oxygens (including phenoxy) is 2. The second kappa shape index (κ2) is 7.48. The Morgan fingerprint density at radius 1 is 0.679 bits per heavy atom. The van der Waals surface area contributed by atoms with Gasteiger partial charge < -0.3 is 20.2 Å². The van der Waals surface area contributed by atoms with E-state index in [1.807, 2.05) is 72.8 Å². The fourth-order valence-electron chi connectivity index (χ4n) is 3.08. The van der Waals surface area contributed by atoms with Crippen molar-refractivity contribution in [3.05, 3.63) is 72.8 Å². The molecule has 0 amide bonds. The Balaban J connectivity index is 1.84. The molecule has 5 heteroatoms. The molecular formula is C23H21N3O2. The van der Waals surface area contributed by atoms with E-state index in [9.17, 15) is 0 Å². The number of nitrogens with zero attached hydrogens (tertiary/aromatic N) is 1. The summed E-state index contributed by atoms with van der Waals surface area (Å²) in [6, 6.07) is 23.5. The van der Waals surface area contributed by atoms with Crippen molar-refractivity contribution in [1.29, 1.82) is 0 Å². The molecule has 0 radical (unpaired) electrons. The van der Waals surface area contributed by atoms with Gasteiger partial charge >= 0.3 is 0 Å². The number of hydrogen-bond donors (Lipinski definition) is 2. The van der Waals surface area contributed by atoms with Crippen LogP contribution in [0.4, 0.5) is 5.69 Å². The van der Waals surface area contributed by atoms with Gasteiger partial charge in [0.1, 0.15) is 17.3 Å². The van der Waals surface area contributed by atoms with E-state index in [4.69, 9.17) is 20.2 Å². The predicted octanol–water partition coefficient (Wildman–Crippen LogP) is 5.01. The number of methoxy groups -OCH3 is 2. The topological polar surface area (TPSA) is 73.2 Å². The molecule has 0 bridgehead atoms. The van der Waals surface area contributed by atoms with E-state index in [1.165, 1.54) is 0 Å². The lowest BCUT2D eigenvalue weighted by molar-refractivity contribution is 0.414. The zero-order valence-corrected chi connectivity index (χ0v) is 15.8. The van der Waals surface area contributed by atoms with Crippen LogP contribution in [-0.2, 0) is 0 Å². The first kappa shape index (κ1) is 17.7. The number of rotatable bonds is 5. The number of H-pyrrole nitrogens is 1. The molecule has 4 rings (SSSR count). The van der Waals surface area contributed by atoms with E-state index < -0.39 is 0 Å². The fourth-order valence-corrected chi connectivity index (χ4v) is 3.08. The van der Waals surface area contributed by atoms with Crippen LogP contribution in [0.25, 0.3) is 33.9 Å². The van der Waals surface area contributed by atoms with Crippen LogP contribution in [0.2, 0.25) is 0 Å². The molecule has 4 aromatic rings. The molecule has 0 saturated carbocycles. The van der Waals surface area contributed by atoms with Gasteiger partial charge in [-0.25, -0.2) is 4.98 Å². The van der Waals surface area contributed by atoms with Gasteiger partial charge in [0, 0.05) is 22.4 Å². The molecule has 0 atom stereocenters. The van der Waals surface area contributed by atoms with Crippen molar-refractivity contribution < 1.29 is 9.47 Å². The van der Waals surface area contributed by atoms with Crippen molar-refractivity contribution >= 4 is 5.69 Å². The second-order valence-corrected chi connectivity index (χ2v) is 6.39. The number of anilines is 1. The van der Waals surface area contributed by atoms with Crippen LogP contribution in [0.5, 0.6) is 11.5 Å². The van der Waals surface area contributed by atoms with Crippen LogP contribution >= 0.6 is 0 Å². The monoisotopic (exact) mass is 371 g/mol. The van der Waals surface area contributed by atoms with Gasteiger partial charge in [-0.3, -0.25) is 0 Å². The van der Waals surface area contributed by atoms with Gasteiger partial charge in [-0.1, -0.05) is 0 Å². The van der Waals surface area contributed by atoms with Gasteiger partial charge in [0.2, 0.25) is 0 Å². The third-order valence-electron chi connectivity index (χ3n) is 4.63. The SMILES string of the molecule is COc1ccc(-c2nc(-c3ccc(N)cc3)[nH]c2-c2ccc(OC)cc2)cc1. The molecule has 0 aliphatic heterocycles. The Morgan fingerprint density at radius 3 is 1.71 bits per heavy atom. The van der Waals surface area contributed by atoms with Crippen LogP contribution < -0.4 is 15.2 Å². The largest absolute Gasteiger partial charge is 0.497 e. The number of nitrogens with two attached hydrogens (primary N) is 1. The zero-order valence-electron chi connectivity index (χ0n) is 15.8. The number of benzene rings is 3. The van der Waals surface area contributed by atoms with Crippen LogP contribution in [-0.4, -0.2) is 24.2 Å². The average Bonchev–Trinajstić information content (AvgIpc) is 3.20. The summed E-state index contributed by atoms with van der Waals surface area (Å²) in [5.74, 6) is 2.41. The smallest absolute Gasteiger partial charge is 0.138 e. The Bertz CT molecular complexity index is 1000. The van der Waals surface area contributed by atoms with Crippen molar-refractivity contribution in [1.82, 2.24) is 9.97 Å². The molecular weight excluding hydrogens is 350 g/mol. The van der Waals surface area contributed by atoms with Crippen molar-refractivity contribution in [2.45, 2.75) is 0 Å². The van der Waals surface area contributed by atoms with Crippen molar-refractivity contribution in [3.8, 4) is 45.4 Å². The Kier molecular flexibility index (Phi) is 4.72. The van der Waals surface area contributed by atoms with Gasteiger partial charge in [-0.05, 0) is 72.8 Å². The molecule has 0 saturated heterocycles. The predicted molar refractivity (Wildman–Crippen MR) is 112 cm³/mol. The summed E-state index contributed by atoms with van der Waals surface area (Å²) in [4.78, 5) is 8.36. The molecule has 3 N–H and O–H groups in total. The first-order valence-electron chi connectivity index (χ1n) is 8.92. The fraction of sp³-hybridized carbons (Fsp3) is 0.0870. The summed E-state index contributed by atoms with van der Waals surface area (Å²) in [7, 11) is 3.32. The highest BCUT2D eigenvalue weighted by Crippen LogP contribution is 2.34. The Morgan fingerprint density at radius 2 is 1.18 bits per heavy atom. The maximum atomic E-state index is 5.82. The molecule has 140 valence electrons. The summed E-state index contributed by atoms with van der Waals surface area (Å²) >= 11 is 0. The van der Waals surface area contributed by atoms with Gasteiger partial charge in [0.05, 0.1) is 25.6 Å². The molecule has 1 aromatic heterocycles. The summed E-state index contributed by atoms with van der Waals surface area (Å²) < 4.78 is 10.6. The van der Waals surface area contributed by atoms with Crippen molar-refractivity contribution in [3.63, 3.8) is 0 Å². The van der Waals surface area contributed by atoms with Crippen LogP contribution in [0, 0.1) is 0 Å². The minimum absolute atomic E-state index is 0.723. The van der Waals surface area contributed by atoms with Gasteiger partial charge in [-0.2, -0.15) is 0 Å². The molecule has 0 fully saturated rings. The molecule has 0 aliphatic carbocycles. The average molecular weight is 371 g/mol. The summed E-state index contributed by atoms with van der Waals surface area (Å²) in [5.41, 5.74) is 11.4. The standard InChI is InChI=1S/C23H21N3O2/c1-27-19-11-5-15(6-12-19)21-22(16-7-13-20(28-2)14-8-16)26-23(25-21)17-3-9-18(24)10-4-17/h3-14H,24H2,1-2H3,(H,25,26). The van der Waals surface area contributed by atoms with E-state index >= 15 is 0 Å². The second-order valence-electron chi connectivity index (χ2n) is 6.39. The first-order valence-corrected chi connectivity index (χ1v) is 8.92. The molecule has 5 nitrogen and oxygen atoms in total. The number of aromatic nitrogens is 2. The lowest BCUT2D eigenvalue weighted by Gasteiger charge is -2.06. The molecule has 0 aliphatic rings. The molecule has 28 heavy (non-hydrogen) atoms. The van der Waals surface area contributed by atoms with Crippen LogP contribution in [0.15, 0.2) is 72.8 Å². The van der Waals surface area contributed by atoms with Crippen molar-refractivity contribution in [2.75, 3.05) is 20.0 Å². The number of nitrogen functional groups attached to an aromatic ring is 1. The molecule has 3 aromatic carbocycles. The zero-order chi connectivity index (χ0) is 19.5. The summed E-state index contributed by atoms with van der Waals surface area (Å²) in [6.45, 7) is 0. The third kappa shape index (κ3) is 3.42. The maximum Gasteiger partial charge on any atom is 0.138 e. The molecule has 0 spiro atoms. The van der Waals surface area contributed by atoms with E-state index in [0.717, 1.165) is 51.1 Å². The number of aromatic amines is 1. The van der Waals surface area contributed by atoms with Gasteiger partial charge in [-0.15, -0.1) is 0 Å². The van der Waals surface area contributed by atoms with E-state index in [2.05, 4.69) is 4.98 Å². The third-order valence-corrected chi connectivity index (χ3v) is 4.63. The lowest BCUT2D eigenvalue weighted by Crippen LogP contribution is -1.87. The lowest BCUT2D eigenvalue weighted by atomic mass is 10.0. The number of hydrogen-bond acceptors (Lipinski definition) is 4. The Labute approximate surface area is 163 Å². The van der Waals surface area contributed by atoms with Gasteiger partial charge in [0.25, 0.3) is 0 Å². The normalized spacial score (nSPS) is 10.6. The summed E-state index contributed by atoms with van der Waals surface area (Å²) in [6.07, 6.45) is 0. The molecule has 0 unspecified atom stereocenters. The van der Waals surface area contributed by atoms with Gasteiger partial charge in [0.15, 0.2) is 0 Å². The van der Waals surface area contributed by atoms with Crippen LogP contribution in [0.3, 0.4) is 0 Å². The highest BCUT2D eigenvalue weighted by atomic mass is 16.5. The van der Waals surface area contributed by atoms with Crippen molar-refractivity contribution in [2.24, 2.45) is 0 Å². The summed E-state index contributed by atoms with van der Waals surface area (Å²) in [5, 5.41) is 0. The number of nitrogens with one attached hydrogen (secondary N) is 1. The maximum absolute atomic E-state index is 5.82. The highest BCUT2D eigenvalue weighted by molar-refractivity contribution is 5.81. The van der Waals surface area contributed by atoms with E-state index in [1.54, 1.807) is 14.2 Å². The van der Waals surface area contributed by atoms with Crippen LogP contribution in [0.1, 0.15) is 0 Å². The minimum Gasteiger partial charge on any atom is -0.497 e. The van der Waals surface area contributed by atoms with E-state index in [-0.39, 0.29) is 0 Å². The number of imidazole rings is 1. The molecule has 1 heterocycles. The first-order chi connectivity index (χ1) is 13.7. The minimum atomic E-state index is 0.723. The highest BCUT2D eigenvalue weighted by Gasteiger charge is 2.15.